The van der Waals surface area contributed by atoms with E-state index in [2.05, 4.69) is 10.4 Å². The van der Waals surface area contributed by atoms with Gasteiger partial charge in [0.25, 0.3) is 5.91 Å². The predicted octanol–water partition coefficient (Wildman–Crippen LogP) is 6.05. The van der Waals surface area contributed by atoms with E-state index in [4.69, 9.17) is 46.4 Å². The highest BCUT2D eigenvalue weighted by atomic mass is 35.5. The van der Waals surface area contributed by atoms with Crippen molar-refractivity contribution in [3.8, 4) is 5.69 Å². The molecule has 3 aromatic rings. The van der Waals surface area contributed by atoms with Crippen LogP contribution in [0, 0.1) is 6.92 Å². The predicted molar refractivity (Wildman–Crippen MR) is 103 cm³/mol. The minimum absolute atomic E-state index is 0.240. The molecule has 128 valence electrons. The molecule has 8 heteroatoms. The van der Waals surface area contributed by atoms with Crippen LogP contribution in [0.5, 0.6) is 0 Å². The highest BCUT2D eigenvalue weighted by Gasteiger charge is 2.15. The Bertz CT molecular complexity index is 928. The van der Waals surface area contributed by atoms with Gasteiger partial charge < -0.3 is 5.32 Å². The van der Waals surface area contributed by atoms with Crippen molar-refractivity contribution in [1.82, 2.24) is 9.78 Å². The van der Waals surface area contributed by atoms with E-state index in [0.717, 1.165) is 5.69 Å². The van der Waals surface area contributed by atoms with Crippen molar-refractivity contribution in [2.75, 3.05) is 5.32 Å². The summed E-state index contributed by atoms with van der Waals surface area (Å²) in [5.41, 5.74) is 2.15. The first kappa shape index (κ1) is 18.1. The number of carbonyl (C=O) groups is 1. The van der Waals surface area contributed by atoms with E-state index in [1.54, 1.807) is 47.1 Å². The van der Waals surface area contributed by atoms with Gasteiger partial charge in [-0.15, -0.1) is 0 Å². The Balaban J connectivity index is 1.90. The highest BCUT2D eigenvalue weighted by Crippen LogP contribution is 2.24. The molecule has 0 atom stereocenters. The van der Waals surface area contributed by atoms with E-state index < -0.39 is 0 Å². The number of nitrogens with zero attached hydrogens (tertiary/aromatic N) is 2. The van der Waals surface area contributed by atoms with E-state index in [9.17, 15) is 4.79 Å². The molecule has 0 aliphatic heterocycles. The van der Waals surface area contributed by atoms with Crippen LogP contribution in [0.4, 0.5) is 5.69 Å². The van der Waals surface area contributed by atoms with Gasteiger partial charge in [-0.1, -0.05) is 46.4 Å². The fourth-order valence-electron chi connectivity index (χ4n) is 2.33. The van der Waals surface area contributed by atoms with Crippen LogP contribution in [0.1, 0.15) is 16.2 Å². The van der Waals surface area contributed by atoms with Gasteiger partial charge in [-0.2, -0.15) is 5.10 Å². The topological polar surface area (TPSA) is 46.9 Å². The lowest BCUT2D eigenvalue weighted by molar-refractivity contribution is 0.102. The molecule has 0 fully saturated rings. The van der Waals surface area contributed by atoms with E-state index in [1.165, 1.54) is 0 Å². The summed E-state index contributed by atoms with van der Waals surface area (Å²) in [5, 5.41) is 8.87. The third-order valence-corrected chi connectivity index (χ3v) is 4.21. The molecule has 0 spiro atoms. The zero-order valence-corrected chi connectivity index (χ0v) is 15.9. The number of aryl methyl sites for hydroxylation is 1. The number of benzene rings is 2. The maximum Gasteiger partial charge on any atom is 0.276 e. The monoisotopic (exact) mass is 413 g/mol. The second-order valence-electron chi connectivity index (χ2n) is 5.32. The molecule has 0 saturated heterocycles. The molecule has 0 bridgehead atoms. The van der Waals surface area contributed by atoms with Crippen molar-refractivity contribution in [2.24, 2.45) is 0 Å². The van der Waals surface area contributed by atoms with Crippen LogP contribution < -0.4 is 5.32 Å². The van der Waals surface area contributed by atoms with Crippen molar-refractivity contribution in [1.29, 1.82) is 0 Å². The van der Waals surface area contributed by atoms with Crippen LogP contribution in [0.2, 0.25) is 20.1 Å². The maximum absolute atomic E-state index is 12.4. The van der Waals surface area contributed by atoms with Crippen molar-refractivity contribution >= 4 is 58.0 Å². The summed E-state index contributed by atoms with van der Waals surface area (Å²) in [5.74, 6) is -0.381. The van der Waals surface area contributed by atoms with Crippen LogP contribution in [0.25, 0.3) is 5.69 Å². The smallest absolute Gasteiger partial charge is 0.276 e. The average molecular weight is 415 g/mol. The molecule has 1 aromatic heterocycles. The first-order chi connectivity index (χ1) is 11.8. The Morgan fingerprint density at radius 3 is 1.96 bits per heavy atom. The first-order valence-electron chi connectivity index (χ1n) is 7.12. The Kier molecular flexibility index (Phi) is 5.25. The zero-order chi connectivity index (χ0) is 18.1. The summed E-state index contributed by atoms with van der Waals surface area (Å²) in [6.07, 6.45) is 0. The number of carbonyl (C=O) groups excluding carboxylic acids is 1. The Morgan fingerprint density at radius 1 is 0.880 bits per heavy atom. The normalized spacial score (nSPS) is 10.8. The second kappa shape index (κ2) is 7.26. The van der Waals surface area contributed by atoms with E-state index in [1.807, 2.05) is 6.92 Å². The van der Waals surface area contributed by atoms with E-state index in [-0.39, 0.29) is 11.6 Å². The number of hydrogen-bond donors (Lipinski definition) is 1. The Morgan fingerprint density at radius 2 is 1.40 bits per heavy atom. The van der Waals surface area contributed by atoms with E-state index in [0.29, 0.717) is 31.5 Å². The molecule has 0 aliphatic carbocycles. The molecule has 3 rings (SSSR count). The molecule has 4 nitrogen and oxygen atoms in total. The molecule has 1 N–H and O–H groups in total. The quantitative estimate of drug-likeness (QED) is 0.567. The van der Waals surface area contributed by atoms with Crippen molar-refractivity contribution in [2.45, 2.75) is 6.92 Å². The number of hydrogen-bond acceptors (Lipinski definition) is 2. The summed E-state index contributed by atoms with van der Waals surface area (Å²) in [4.78, 5) is 12.4. The SMILES string of the molecule is Cc1cc(C(=O)Nc2cc(Cl)cc(Cl)c2)nn1-c1cc(Cl)cc(Cl)c1. The molecular formula is C17H11Cl4N3O. The number of anilines is 1. The van der Waals surface area contributed by atoms with Crippen molar-refractivity contribution < 1.29 is 4.79 Å². The van der Waals surface area contributed by atoms with E-state index >= 15 is 0 Å². The summed E-state index contributed by atoms with van der Waals surface area (Å²) in [6, 6.07) is 11.5. The fourth-order valence-corrected chi connectivity index (χ4v) is 3.37. The van der Waals surface area contributed by atoms with Gasteiger partial charge >= 0.3 is 0 Å². The maximum atomic E-state index is 12.4. The van der Waals surface area contributed by atoms with Gasteiger partial charge in [-0.25, -0.2) is 4.68 Å². The summed E-state index contributed by atoms with van der Waals surface area (Å²) in [6.45, 7) is 1.83. The molecule has 1 amide bonds. The Hall–Kier alpha value is -1.72. The molecule has 0 unspecified atom stereocenters. The van der Waals surface area contributed by atoms with Crippen LogP contribution in [-0.4, -0.2) is 15.7 Å². The summed E-state index contributed by atoms with van der Waals surface area (Å²) >= 11 is 23.9. The molecule has 25 heavy (non-hydrogen) atoms. The minimum Gasteiger partial charge on any atom is -0.320 e. The molecule has 0 radical (unpaired) electrons. The number of nitrogens with one attached hydrogen (secondary N) is 1. The Labute approximate surface area is 164 Å². The minimum atomic E-state index is -0.381. The lowest BCUT2D eigenvalue weighted by Gasteiger charge is -2.06. The molecule has 1 heterocycles. The number of amides is 1. The standard InChI is InChI=1S/C17H11Cl4N3O/c1-9-2-16(17(25)22-14-5-10(18)3-11(19)6-14)23-24(9)15-7-12(20)4-13(21)8-15/h2-8H,1H3,(H,22,25). The largest absolute Gasteiger partial charge is 0.320 e. The lowest BCUT2D eigenvalue weighted by atomic mass is 10.3. The number of halogens is 4. The van der Waals surface area contributed by atoms with Crippen LogP contribution in [0.3, 0.4) is 0 Å². The van der Waals surface area contributed by atoms with Crippen molar-refractivity contribution in [3.05, 3.63) is 73.9 Å². The van der Waals surface area contributed by atoms with Gasteiger partial charge in [0, 0.05) is 31.5 Å². The van der Waals surface area contributed by atoms with Gasteiger partial charge in [0.2, 0.25) is 0 Å². The first-order valence-corrected chi connectivity index (χ1v) is 8.63. The van der Waals surface area contributed by atoms with Gasteiger partial charge in [-0.05, 0) is 49.4 Å². The van der Waals surface area contributed by atoms with Gasteiger partial charge in [0.15, 0.2) is 5.69 Å². The third-order valence-electron chi connectivity index (χ3n) is 3.33. The number of aromatic nitrogens is 2. The molecule has 2 aromatic carbocycles. The summed E-state index contributed by atoms with van der Waals surface area (Å²) in [7, 11) is 0. The third kappa shape index (κ3) is 4.28. The van der Waals surface area contributed by atoms with Crippen LogP contribution in [-0.2, 0) is 0 Å². The number of rotatable bonds is 3. The van der Waals surface area contributed by atoms with Crippen LogP contribution >= 0.6 is 46.4 Å². The van der Waals surface area contributed by atoms with Gasteiger partial charge in [0.1, 0.15) is 0 Å². The van der Waals surface area contributed by atoms with Gasteiger partial charge in [-0.3, -0.25) is 4.79 Å². The highest BCUT2D eigenvalue weighted by molar-refractivity contribution is 6.35. The molecule has 0 aliphatic rings. The van der Waals surface area contributed by atoms with Crippen LogP contribution in [0.15, 0.2) is 42.5 Å². The summed E-state index contributed by atoms with van der Waals surface area (Å²) < 4.78 is 1.59. The van der Waals surface area contributed by atoms with Gasteiger partial charge in [0.05, 0.1) is 5.69 Å². The lowest BCUT2D eigenvalue weighted by Crippen LogP contribution is -2.13. The fraction of sp³-hybridized carbons (Fsp3) is 0.0588. The molecular weight excluding hydrogens is 404 g/mol. The second-order valence-corrected chi connectivity index (χ2v) is 7.07. The average Bonchev–Trinajstić information content (AvgIpc) is 2.87. The zero-order valence-electron chi connectivity index (χ0n) is 12.9. The molecule has 0 saturated carbocycles. The van der Waals surface area contributed by atoms with Crippen molar-refractivity contribution in [3.63, 3.8) is 0 Å².